The van der Waals surface area contributed by atoms with Gasteiger partial charge in [-0.05, 0) is 12.0 Å². The van der Waals surface area contributed by atoms with Crippen LogP contribution in [-0.4, -0.2) is 41.9 Å². The van der Waals surface area contributed by atoms with Crippen LogP contribution in [0.1, 0.15) is 5.56 Å². The first-order valence-corrected chi connectivity index (χ1v) is 6.74. The molecular formula is C14H16N2O2S. The lowest BCUT2D eigenvalue weighted by Gasteiger charge is -2.31. The zero-order chi connectivity index (χ0) is 13.7. The molecule has 1 fully saturated rings. The minimum absolute atomic E-state index is 0.0317. The molecule has 2 rings (SSSR count). The smallest absolute Gasteiger partial charge is 0.235 e. The van der Waals surface area contributed by atoms with Gasteiger partial charge in [-0.25, -0.2) is 0 Å². The van der Waals surface area contributed by atoms with Gasteiger partial charge < -0.3 is 9.64 Å². The molecule has 19 heavy (non-hydrogen) atoms. The normalized spacial score (nSPS) is 20.6. The second-order valence-corrected chi connectivity index (χ2v) is 5.10. The number of ether oxygens (including phenoxy) is 1. The number of nitriles is 1. The van der Waals surface area contributed by atoms with Crippen LogP contribution < -0.4 is 0 Å². The van der Waals surface area contributed by atoms with Crippen molar-refractivity contribution >= 4 is 18.5 Å². The third-order valence-electron chi connectivity index (χ3n) is 3.08. The molecule has 4 nitrogen and oxygen atoms in total. The van der Waals surface area contributed by atoms with Gasteiger partial charge in [0.15, 0.2) is 6.10 Å². The molecular weight excluding hydrogens is 260 g/mol. The van der Waals surface area contributed by atoms with Crippen molar-refractivity contribution in [3.05, 3.63) is 35.9 Å². The van der Waals surface area contributed by atoms with Crippen LogP contribution in [0, 0.1) is 11.3 Å². The van der Waals surface area contributed by atoms with E-state index in [-0.39, 0.29) is 11.2 Å². The number of amides is 1. The summed E-state index contributed by atoms with van der Waals surface area (Å²) in [6.07, 6.45) is 0.0760. The van der Waals surface area contributed by atoms with E-state index in [9.17, 15) is 4.79 Å². The zero-order valence-electron chi connectivity index (χ0n) is 10.5. The minimum atomic E-state index is -0.519. The second-order valence-electron chi connectivity index (χ2n) is 4.48. The summed E-state index contributed by atoms with van der Waals surface area (Å²) in [6.45, 7) is 1.28. The summed E-state index contributed by atoms with van der Waals surface area (Å²) in [6, 6.07) is 11.8. The van der Waals surface area contributed by atoms with Gasteiger partial charge in [-0.2, -0.15) is 17.9 Å². The lowest BCUT2D eigenvalue weighted by Crippen LogP contribution is -2.48. The molecule has 1 aliphatic rings. The molecule has 2 atom stereocenters. The molecule has 1 aromatic rings. The highest BCUT2D eigenvalue weighted by atomic mass is 32.1. The molecule has 0 saturated carbocycles. The predicted octanol–water partition coefficient (Wildman–Crippen LogP) is 1.28. The minimum Gasteiger partial charge on any atom is -0.360 e. The Bertz CT molecular complexity index is 472. The van der Waals surface area contributed by atoms with Crippen LogP contribution in [0.2, 0.25) is 0 Å². The van der Waals surface area contributed by atoms with E-state index in [0.29, 0.717) is 26.1 Å². The Kier molecular flexibility index (Phi) is 4.83. The van der Waals surface area contributed by atoms with Crippen LogP contribution in [0.15, 0.2) is 30.3 Å². The molecule has 1 saturated heterocycles. The maximum absolute atomic E-state index is 12.2. The van der Waals surface area contributed by atoms with E-state index in [1.807, 2.05) is 36.4 Å². The van der Waals surface area contributed by atoms with Crippen LogP contribution in [0.5, 0.6) is 0 Å². The summed E-state index contributed by atoms with van der Waals surface area (Å²) in [5.41, 5.74) is 1.08. The summed E-state index contributed by atoms with van der Waals surface area (Å²) < 4.78 is 5.23. The van der Waals surface area contributed by atoms with E-state index in [0.717, 1.165) is 5.56 Å². The lowest BCUT2D eigenvalue weighted by atomic mass is 10.1. The van der Waals surface area contributed by atoms with E-state index in [1.54, 1.807) is 4.90 Å². The Labute approximate surface area is 118 Å². The van der Waals surface area contributed by atoms with Crippen LogP contribution >= 0.6 is 12.6 Å². The Morgan fingerprint density at radius 3 is 2.95 bits per heavy atom. The van der Waals surface area contributed by atoms with Crippen molar-refractivity contribution in [2.24, 2.45) is 0 Å². The highest BCUT2D eigenvalue weighted by molar-refractivity contribution is 7.81. The molecule has 0 aliphatic carbocycles. The summed E-state index contributed by atoms with van der Waals surface area (Å²) in [5, 5.41) is 8.46. The fourth-order valence-corrected chi connectivity index (χ4v) is 2.44. The van der Waals surface area contributed by atoms with E-state index in [2.05, 4.69) is 12.6 Å². The highest BCUT2D eigenvalue weighted by Gasteiger charge is 2.27. The maximum atomic E-state index is 12.2. The summed E-state index contributed by atoms with van der Waals surface area (Å²) in [7, 11) is 0. The molecule has 0 spiro atoms. The fraction of sp³-hybridized carbons (Fsp3) is 0.429. The molecule has 100 valence electrons. The third kappa shape index (κ3) is 3.72. The Balaban J connectivity index is 1.94. The average Bonchev–Trinajstić information content (AvgIpc) is 2.47. The van der Waals surface area contributed by atoms with Gasteiger partial charge in [0, 0.05) is 6.54 Å². The van der Waals surface area contributed by atoms with Crippen LogP contribution in [0.25, 0.3) is 0 Å². The van der Waals surface area contributed by atoms with Gasteiger partial charge in [-0.3, -0.25) is 4.79 Å². The van der Waals surface area contributed by atoms with Crippen molar-refractivity contribution in [2.75, 3.05) is 19.7 Å². The molecule has 0 radical (unpaired) electrons. The van der Waals surface area contributed by atoms with Gasteiger partial charge in [-0.15, -0.1) is 0 Å². The van der Waals surface area contributed by atoms with Crippen molar-refractivity contribution in [2.45, 2.75) is 17.8 Å². The summed E-state index contributed by atoms with van der Waals surface area (Å²) in [5.74, 6) is -0.0317. The predicted molar refractivity (Wildman–Crippen MR) is 74.9 cm³/mol. The fourth-order valence-electron chi connectivity index (χ4n) is 2.06. The molecule has 0 bridgehead atoms. The molecule has 0 N–H and O–H groups in total. The van der Waals surface area contributed by atoms with Crippen LogP contribution in [0.3, 0.4) is 0 Å². The van der Waals surface area contributed by atoms with Crippen molar-refractivity contribution in [1.29, 1.82) is 5.26 Å². The van der Waals surface area contributed by atoms with E-state index < -0.39 is 6.10 Å². The van der Waals surface area contributed by atoms with Gasteiger partial charge in [0.25, 0.3) is 0 Å². The third-order valence-corrected chi connectivity index (χ3v) is 3.48. The topological polar surface area (TPSA) is 53.3 Å². The quantitative estimate of drug-likeness (QED) is 0.846. The molecule has 1 aliphatic heterocycles. The molecule has 1 aromatic carbocycles. The van der Waals surface area contributed by atoms with Crippen molar-refractivity contribution in [3.8, 4) is 6.07 Å². The number of hydrogen-bond donors (Lipinski definition) is 1. The van der Waals surface area contributed by atoms with E-state index in [4.69, 9.17) is 10.00 Å². The Morgan fingerprint density at radius 2 is 2.26 bits per heavy atom. The van der Waals surface area contributed by atoms with Gasteiger partial charge in [0.2, 0.25) is 5.91 Å². The highest BCUT2D eigenvalue weighted by Crippen LogP contribution is 2.13. The average molecular weight is 276 g/mol. The van der Waals surface area contributed by atoms with Crippen molar-refractivity contribution in [3.63, 3.8) is 0 Å². The number of thiol groups is 1. The lowest BCUT2D eigenvalue weighted by molar-refractivity contribution is -0.136. The SMILES string of the molecule is N#CC1CN(C(=O)C(S)Cc2ccccc2)CCO1. The van der Waals surface area contributed by atoms with Crippen molar-refractivity contribution < 1.29 is 9.53 Å². The van der Waals surface area contributed by atoms with Gasteiger partial charge >= 0.3 is 0 Å². The van der Waals surface area contributed by atoms with Crippen LogP contribution in [-0.2, 0) is 16.0 Å². The molecule has 1 heterocycles. The number of carbonyl (C=O) groups is 1. The second kappa shape index (κ2) is 6.60. The maximum Gasteiger partial charge on any atom is 0.235 e. The number of carbonyl (C=O) groups excluding carboxylic acids is 1. The summed E-state index contributed by atoms with van der Waals surface area (Å²) in [4.78, 5) is 13.9. The summed E-state index contributed by atoms with van der Waals surface area (Å²) >= 11 is 4.39. The van der Waals surface area contributed by atoms with Crippen molar-refractivity contribution in [1.82, 2.24) is 4.90 Å². The van der Waals surface area contributed by atoms with Gasteiger partial charge in [0.1, 0.15) is 0 Å². The number of hydrogen-bond acceptors (Lipinski definition) is 4. The number of rotatable bonds is 3. The number of morpholine rings is 1. The largest absolute Gasteiger partial charge is 0.360 e. The Morgan fingerprint density at radius 1 is 1.53 bits per heavy atom. The van der Waals surface area contributed by atoms with E-state index in [1.165, 1.54) is 0 Å². The monoisotopic (exact) mass is 276 g/mol. The zero-order valence-corrected chi connectivity index (χ0v) is 11.4. The van der Waals surface area contributed by atoms with E-state index >= 15 is 0 Å². The molecule has 2 unspecified atom stereocenters. The van der Waals surface area contributed by atoms with Gasteiger partial charge in [-0.1, -0.05) is 30.3 Å². The standard InChI is InChI=1S/C14H16N2O2S/c15-9-12-10-16(6-7-18-12)14(17)13(19)8-11-4-2-1-3-5-11/h1-5,12-13,19H,6-8,10H2. The first-order valence-electron chi connectivity index (χ1n) is 6.22. The first-order chi connectivity index (χ1) is 9.20. The van der Waals surface area contributed by atoms with Crippen LogP contribution in [0.4, 0.5) is 0 Å². The molecule has 0 aromatic heterocycles. The number of nitrogens with zero attached hydrogens (tertiary/aromatic N) is 2. The molecule has 5 heteroatoms. The first kappa shape index (κ1) is 13.9. The Hall–Kier alpha value is -1.51. The number of benzene rings is 1. The molecule has 1 amide bonds. The van der Waals surface area contributed by atoms with Gasteiger partial charge in [0.05, 0.1) is 24.5 Å².